The second kappa shape index (κ2) is 4.56. The molecule has 5 heteroatoms. The van der Waals surface area contributed by atoms with Gasteiger partial charge in [0.1, 0.15) is 5.78 Å². The Hall–Kier alpha value is -0.490. The molecule has 3 rings (SSSR count). The summed E-state index contributed by atoms with van der Waals surface area (Å²) >= 11 is 0. The highest BCUT2D eigenvalue weighted by molar-refractivity contribution is 5.82. The monoisotopic (exact) mass is 255 g/mol. The Morgan fingerprint density at radius 2 is 1.28 bits per heavy atom. The third-order valence-corrected chi connectivity index (χ3v) is 4.80. The highest BCUT2D eigenvalue weighted by Gasteiger charge is 2.54. The molecule has 2 spiro atoms. The number of hydrogen-bond acceptors (Lipinski definition) is 5. The quantitative estimate of drug-likeness (QED) is 0.703. The van der Waals surface area contributed by atoms with Gasteiger partial charge in [0.05, 0.1) is 11.1 Å². The predicted octanol–water partition coefficient (Wildman–Crippen LogP) is 1.14. The first kappa shape index (κ1) is 12.5. The van der Waals surface area contributed by atoms with Crippen LogP contribution >= 0.6 is 0 Å². The molecule has 0 amide bonds. The second-order valence-corrected chi connectivity index (χ2v) is 5.88. The lowest BCUT2D eigenvalue weighted by molar-refractivity contribution is -0.284. The summed E-state index contributed by atoms with van der Waals surface area (Å²) in [6.07, 6.45) is 3.93. The fourth-order valence-electron chi connectivity index (χ4n) is 3.73. The number of carbonyl (C=O) groups is 1. The van der Waals surface area contributed by atoms with Gasteiger partial charge in [-0.15, -0.1) is 0 Å². The van der Waals surface area contributed by atoms with Crippen LogP contribution in [-0.2, 0) is 14.3 Å². The molecule has 0 aliphatic carbocycles. The second-order valence-electron chi connectivity index (χ2n) is 5.88. The molecule has 0 unspecified atom stereocenters. The maximum atomic E-state index is 12.1. The van der Waals surface area contributed by atoms with E-state index in [1.54, 1.807) is 0 Å². The van der Waals surface area contributed by atoms with Gasteiger partial charge >= 0.3 is 0 Å². The molecule has 1 N–H and O–H groups in total. The van der Waals surface area contributed by atoms with Crippen LogP contribution in [0.25, 0.3) is 0 Å². The third-order valence-electron chi connectivity index (χ3n) is 4.80. The smallest absolute Gasteiger partial charge is 0.136 e. The number of ketones is 1. The summed E-state index contributed by atoms with van der Waals surface area (Å²) in [5, 5.41) is 12.3. The summed E-state index contributed by atoms with van der Waals surface area (Å²) in [5.74, 6) is 0.282. The van der Waals surface area contributed by atoms with Crippen LogP contribution in [0.5, 0.6) is 0 Å². The number of carbonyl (C=O) groups excluding carboxylic acids is 1. The zero-order chi connectivity index (χ0) is 12.6. The van der Waals surface area contributed by atoms with Gasteiger partial charge in [0.25, 0.3) is 0 Å². The maximum absolute atomic E-state index is 12.1. The van der Waals surface area contributed by atoms with Crippen LogP contribution in [0.3, 0.4) is 0 Å². The topological polar surface area (TPSA) is 59.0 Å². The number of hydrogen-bond donors (Lipinski definition) is 1. The molecular weight excluding hydrogens is 234 g/mol. The summed E-state index contributed by atoms with van der Waals surface area (Å²) in [7, 11) is 0. The minimum Gasteiger partial charge on any atom is -0.381 e. The van der Waals surface area contributed by atoms with Crippen molar-refractivity contribution < 1.29 is 19.5 Å². The van der Waals surface area contributed by atoms with E-state index in [0.717, 1.165) is 25.7 Å². The first-order chi connectivity index (χ1) is 8.67. The maximum Gasteiger partial charge on any atom is 0.136 e. The average molecular weight is 255 g/mol. The lowest BCUT2D eigenvalue weighted by Crippen LogP contribution is -2.67. The molecule has 0 atom stereocenters. The number of rotatable bonds is 0. The van der Waals surface area contributed by atoms with E-state index in [-0.39, 0.29) is 16.9 Å². The summed E-state index contributed by atoms with van der Waals surface area (Å²) in [4.78, 5) is 12.1. The molecule has 3 saturated heterocycles. The Bertz CT molecular complexity index is 302. The van der Waals surface area contributed by atoms with Gasteiger partial charge < -0.3 is 14.7 Å². The fraction of sp³-hybridized carbons (Fsp3) is 0.923. The molecule has 0 aromatic heterocycles. The van der Waals surface area contributed by atoms with E-state index in [4.69, 9.17) is 9.47 Å². The molecule has 0 saturated carbocycles. The van der Waals surface area contributed by atoms with Crippen LogP contribution in [0, 0.1) is 0 Å². The Morgan fingerprint density at radius 1 is 0.889 bits per heavy atom. The summed E-state index contributed by atoms with van der Waals surface area (Å²) < 4.78 is 10.8. The minimum atomic E-state index is -0.384. The third kappa shape index (κ3) is 1.90. The molecule has 0 aromatic rings. The van der Waals surface area contributed by atoms with Gasteiger partial charge in [0, 0.05) is 39.3 Å². The van der Waals surface area contributed by atoms with Crippen molar-refractivity contribution in [2.75, 3.05) is 26.4 Å². The van der Waals surface area contributed by atoms with E-state index in [0.29, 0.717) is 39.3 Å². The van der Waals surface area contributed by atoms with Crippen molar-refractivity contribution in [1.82, 2.24) is 5.06 Å². The molecule has 18 heavy (non-hydrogen) atoms. The van der Waals surface area contributed by atoms with Crippen molar-refractivity contribution >= 4 is 5.78 Å². The van der Waals surface area contributed by atoms with Crippen LogP contribution in [0.15, 0.2) is 0 Å². The van der Waals surface area contributed by atoms with Gasteiger partial charge in [-0.05, 0) is 25.7 Å². The van der Waals surface area contributed by atoms with E-state index in [9.17, 15) is 10.0 Å². The van der Waals surface area contributed by atoms with E-state index in [1.165, 1.54) is 5.06 Å². The van der Waals surface area contributed by atoms with Gasteiger partial charge in [-0.1, -0.05) is 0 Å². The fourth-order valence-corrected chi connectivity index (χ4v) is 3.73. The van der Waals surface area contributed by atoms with Crippen molar-refractivity contribution in [3.8, 4) is 0 Å². The standard InChI is InChI=1S/C13H21NO4/c15-11-9-12(1-5-17-6-2-12)14(16)13(10-11)3-7-18-8-4-13/h16H,1-10H2. The van der Waals surface area contributed by atoms with Gasteiger partial charge in [-0.3, -0.25) is 4.79 Å². The van der Waals surface area contributed by atoms with Crippen LogP contribution in [0.1, 0.15) is 38.5 Å². The number of piperidine rings is 1. The highest BCUT2D eigenvalue weighted by Crippen LogP contribution is 2.45. The van der Waals surface area contributed by atoms with E-state index < -0.39 is 0 Å². The summed E-state index contributed by atoms with van der Waals surface area (Å²) in [5.41, 5.74) is -0.768. The Labute approximate surface area is 107 Å². The van der Waals surface area contributed by atoms with Crippen LogP contribution in [0.4, 0.5) is 0 Å². The number of hydroxylamine groups is 2. The van der Waals surface area contributed by atoms with Gasteiger partial charge in [0.2, 0.25) is 0 Å². The summed E-state index contributed by atoms with van der Waals surface area (Å²) in [6.45, 7) is 2.54. The first-order valence-electron chi connectivity index (χ1n) is 6.83. The lowest BCUT2D eigenvalue weighted by atomic mass is 9.71. The van der Waals surface area contributed by atoms with E-state index in [2.05, 4.69) is 0 Å². The number of ether oxygens (including phenoxy) is 2. The molecule has 3 fully saturated rings. The van der Waals surface area contributed by atoms with Crippen LogP contribution in [-0.4, -0.2) is 53.6 Å². The molecular formula is C13H21NO4. The molecule has 5 nitrogen and oxygen atoms in total. The van der Waals surface area contributed by atoms with Crippen molar-refractivity contribution in [2.24, 2.45) is 0 Å². The average Bonchev–Trinajstić information content (AvgIpc) is 2.38. The summed E-state index contributed by atoms with van der Waals surface area (Å²) in [6, 6.07) is 0. The Kier molecular flexibility index (Phi) is 3.18. The largest absolute Gasteiger partial charge is 0.381 e. The van der Waals surface area contributed by atoms with Crippen molar-refractivity contribution in [3.05, 3.63) is 0 Å². The normalized spacial score (nSPS) is 31.9. The van der Waals surface area contributed by atoms with Crippen molar-refractivity contribution in [1.29, 1.82) is 0 Å². The Morgan fingerprint density at radius 3 is 1.67 bits per heavy atom. The predicted molar refractivity (Wildman–Crippen MR) is 63.4 cm³/mol. The molecule has 0 aromatic carbocycles. The molecule has 102 valence electrons. The Balaban J connectivity index is 1.89. The van der Waals surface area contributed by atoms with Crippen molar-refractivity contribution in [3.63, 3.8) is 0 Å². The van der Waals surface area contributed by atoms with Gasteiger partial charge in [0.15, 0.2) is 0 Å². The van der Waals surface area contributed by atoms with E-state index >= 15 is 0 Å². The molecule has 3 aliphatic rings. The molecule has 0 bridgehead atoms. The van der Waals surface area contributed by atoms with Crippen molar-refractivity contribution in [2.45, 2.75) is 49.6 Å². The highest BCUT2D eigenvalue weighted by atomic mass is 16.5. The van der Waals surface area contributed by atoms with Gasteiger partial charge in [-0.2, -0.15) is 5.06 Å². The lowest BCUT2D eigenvalue weighted by Gasteiger charge is -2.56. The number of Topliss-reactive ketones (excluding diaryl/α,β-unsaturated/α-hetero) is 1. The first-order valence-corrected chi connectivity index (χ1v) is 6.83. The molecule has 0 radical (unpaired) electrons. The zero-order valence-electron chi connectivity index (χ0n) is 10.7. The van der Waals surface area contributed by atoms with Gasteiger partial charge in [-0.25, -0.2) is 0 Å². The number of nitrogens with zero attached hydrogens (tertiary/aromatic N) is 1. The molecule has 3 aliphatic heterocycles. The zero-order valence-corrected chi connectivity index (χ0v) is 10.7. The molecule has 3 heterocycles. The minimum absolute atomic E-state index is 0.282. The SMILES string of the molecule is O=C1CC2(CCOCC2)N(O)C2(CCOCC2)C1. The van der Waals surface area contributed by atoms with Crippen LogP contribution in [0.2, 0.25) is 0 Å². The van der Waals surface area contributed by atoms with Crippen LogP contribution < -0.4 is 0 Å². The van der Waals surface area contributed by atoms with E-state index in [1.807, 2.05) is 0 Å².